The molecule has 2 N–H and O–H groups in total. The number of hydrogen-bond donors (Lipinski definition) is 1. The second kappa shape index (κ2) is 5.07. The quantitative estimate of drug-likeness (QED) is 0.665. The van der Waals surface area contributed by atoms with Crippen molar-refractivity contribution in [2.24, 2.45) is 0 Å². The molecule has 5 nitrogen and oxygen atoms in total. The van der Waals surface area contributed by atoms with Crippen LogP contribution in [0.5, 0.6) is 0 Å². The highest BCUT2D eigenvalue weighted by molar-refractivity contribution is 6.76. The third-order valence-corrected chi connectivity index (χ3v) is 4.51. The minimum absolute atomic E-state index is 0.499. The number of fused-ring (bicyclic) bond motifs is 1. The van der Waals surface area contributed by atoms with Crippen molar-refractivity contribution in [3.05, 3.63) is 18.6 Å². The Morgan fingerprint density at radius 3 is 2.83 bits per heavy atom. The van der Waals surface area contributed by atoms with E-state index in [0.717, 1.165) is 23.7 Å². The van der Waals surface area contributed by atoms with E-state index < -0.39 is 8.07 Å². The largest absolute Gasteiger partial charge is 0.382 e. The van der Waals surface area contributed by atoms with E-state index in [2.05, 4.69) is 29.6 Å². The molecule has 0 fully saturated rings. The lowest BCUT2D eigenvalue weighted by molar-refractivity contribution is 0.0903. The summed E-state index contributed by atoms with van der Waals surface area (Å²) in [5.74, 6) is 0.499. The third kappa shape index (κ3) is 3.08. The summed E-state index contributed by atoms with van der Waals surface area (Å²) in [6, 6.07) is 3.09. The van der Waals surface area contributed by atoms with Crippen molar-refractivity contribution in [1.82, 2.24) is 14.5 Å². The number of aromatic nitrogens is 3. The zero-order valence-corrected chi connectivity index (χ0v) is 12.2. The Kier molecular flexibility index (Phi) is 3.67. The molecule has 0 radical (unpaired) electrons. The first kappa shape index (κ1) is 13.0. The van der Waals surface area contributed by atoms with Crippen LogP contribution in [0, 0.1) is 0 Å². The van der Waals surface area contributed by atoms with Gasteiger partial charge in [0.1, 0.15) is 18.6 Å². The van der Waals surface area contributed by atoms with Crippen LogP contribution in [0.2, 0.25) is 25.7 Å². The predicted molar refractivity (Wildman–Crippen MR) is 76.0 cm³/mol. The van der Waals surface area contributed by atoms with Gasteiger partial charge in [0.2, 0.25) is 0 Å². The molecule has 0 unspecified atom stereocenters. The molecular formula is C12H20N4OSi. The van der Waals surface area contributed by atoms with Crippen molar-refractivity contribution in [1.29, 1.82) is 0 Å². The minimum Gasteiger partial charge on any atom is -0.382 e. The molecule has 18 heavy (non-hydrogen) atoms. The van der Waals surface area contributed by atoms with E-state index in [1.165, 1.54) is 6.33 Å². The lowest BCUT2D eigenvalue weighted by Crippen LogP contribution is -2.22. The number of ether oxygens (including phenoxy) is 1. The molecule has 0 aromatic carbocycles. The van der Waals surface area contributed by atoms with Crippen LogP contribution < -0.4 is 5.73 Å². The fourth-order valence-electron chi connectivity index (χ4n) is 1.71. The van der Waals surface area contributed by atoms with Crippen LogP contribution in [0.3, 0.4) is 0 Å². The molecule has 2 heterocycles. The van der Waals surface area contributed by atoms with Crippen molar-refractivity contribution in [2.45, 2.75) is 32.4 Å². The van der Waals surface area contributed by atoms with Gasteiger partial charge in [0, 0.05) is 20.9 Å². The second-order valence-corrected chi connectivity index (χ2v) is 11.2. The van der Waals surface area contributed by atoms with Crippen LogP contribution in [0.4, 0.5) is 5.82 Å². The minimum atomic E-state index is -1.03. The average molecular weight is 264 g/mol. The Morgan fingerprint density at radius 2 is 2.11 bits per heavy atom. The van der Waals surface area contributed by atoms with Crippen molar-refractivity contribution in [3.8, 4) is 0 Å². The first-order chi connectivity index (χ1) is 8.47. The van der Waals surface area contributed by atoms with E-state index in [9.17, 15) is 0 Å². The van der Waals surface area contributed by atoms with Gasteiger partial charge < -0.3 is 15.0 Å². The van der Waals surface area contributed by atoms with Gasteiger partial charge in [-0.3, -0.25) is 0 Å². The van der Waals surface area contributed by atoms with E-state index in [-0.39, 0.29) is 0 Å². The Balaban J connectivity index is 2.00. The van der Waals surface area contributed by atoms with Crippen molar-refractivity contribution >= 4 is 24.9 Å². The van der Waals surface area contributed by atoms with Crippen LogP contribution >= 0.6 is 0 Å². The molecular weight excluding hydrogens is 244 g/mol. The van der Waals surface area contributed by atoms with Gasteiger partial charge in [-0.25, -0.2) is 9.97 Å². The normalized spacial score (nSPS) is 12.2. The lowest BCUT2D eigenvalue weighted by atomic mass is 10.4. The van der Waals surface area contributed by atoms with E-state index in [4.69, 9.17) is 10.5 Å². The summed E-state index contributed by atoms with van der Waals surface area (Å²) in [6.45, 7) is 8.32. The van der Waals surface area contributed by atoms with E-state index in [0.29, 0.717) is 12.5 Å². The maximum Gasteiger partial charge on any atom is 0.151 e. The van der Waals surface area contributed by atoms with Crippen LogP contribution in [0.1, 0.15) is 0 Å². The van der Waals surface area contributed by atoms with Crippen molar-refractivity contribution < 1.29 is 4.74 Å². The number of hydrogen-bond acceptors (Lipinski definition) is 4. The highest BCUT2D eigenvalue weighted by Crippen LogP contribution is 2.18. The smallest absolute Gasteiger partial charge is 0.151 e. The maximum atomic E-state index is 5.85. The molecule has 98 valence electrons. The molecule has 0 aliphatic rings. The van der Waals surface area contributed by atoms with Gasteiger partial charge in [-0.15, -0.1) is 0 Å². The van der Waals surface area contributed by atoms with E-state index in [1.807, 2.05) is 16.8 Å². The monoisotopic (exact) mass is 264 g/mol. The standard InChI is InChI=1S/C12H20N4OSi/c1-18(2,3)7-6-17-9-16-5-4-10-11(16)12(13)15-8-14-10/h4-5,8H,6-7,9H2,1-3H3,(H2,13,14,15). The molecule has 0 spiro atoms. The molecule has 6 heteroatoms. The number of nitrogen functional groups attached to an aromatic ring is 1. The van der Waals surface area contributed by atoms with E-state index in [1.54, 1.807) is 0 Å². The number of anilines is 1. The molecule has 0 atom stereocenters. The average Bonchev–Trinajstić information content (AvgIpc) is 2.68. The van der Waals surface area contributed by atoms with Crippen LogP contribution in [-0.2, 0) is 11.5 Å². The first-order valence-corrected chi connectivity index (χ1v) is 9.81. The summed E-state index contributed by atoms with van der Waals surface area (Å²) in [6.07, 6.45) is 3.41. The van der Waals surface area contributed by atoms with Gasteiger partial charge in [-0.05, 0) is 12.1 Å². The molecule has 2 rings (SSSR count). The SMILES string of the molecule is C[Si](C)(C)CCOCn1ccc2ncnc(N)c21. The predicted octanol–water partition coefficient (Wildman–Crippen LogP) is 2.33. The summed E-state index contributed by atoms with van der Waals surface area (Å²) in [5, 5.41) is 0. The van der Waals surface area contributed by atoms with Gasteiger partial charge >= 0.3 is 0 Å². The summed E-state index contributed by atoms with van der Waals surface area (Å²) in [7, 11) is -1.03. The highest BCUT2D eigenvalue weighted by Gasteiger charge is 2.12. The molecule has 0 saturated carbocycles. The topological polar surface area (TPSA) is 66.0 Å². The number of rotatable bonds is 5. The molecule has 0 amide bonds. The van der Waals surface area contributed by atoms with Crippen LogP contribution in [-0.4, -0.2) is 29.2 Å². The summed E-state index contributed by atoms with van der Waals surface area (Å²) in [4.78, 5) is 8.17. The van der Waals surface area contributed by atoms with Gasteiger partial charge in [-0.1, -0.05) is 19.6 Å². The number of nitrogens with zero attached hydrogens (tertiary/aromatic N) is 3. The van der Waals surface area contributed by atoms with Gasteiger partial charge in [0.15, 0.2) is 5.82 Å². The molecule has 2 aromatic heterocycles. The fraction of sp³-hybridized carbons (Fsp3) is 0.500. The van der Waals surface area contributed by atoms with Gasteiger partial charge in [0.25, 0.3) is 0 Å². The van der Waals surface area contributed by atoms with E-state index >= 15 is 0 Å². The van der Waals surface area contributed by atoms with Gasteiger partial charge in [-0.2, -0.15) is 0 Å². The van der Waals surface area contributed by atoms with Crippen molar-refractivity contribution in [2.75, 3.05) is 12.3 Å². The zero-order valence-electron chi connectivity index (χ0n) is 11.2. The molecule has 0 bridgehead atoms. The lowest BCUT2D eigenvalue weighted by Gasteiger charge is -2.15. The highest BCUT2D eigenvalue weighted by atomic mass is 28.3. The zero-order chi connectivity index (χ0) is 13.2. The Morgan fingerprint density at radius 1 is 1.33 bits per heavy atom. The molecule has 0 aliphatic heterocycles. The Bertz CT molecular complexity index is 532. The summed E-state index contributed by atoms with van der Waals surface area (Å²) < 4.78 is 7.66. The van der Waals surface area contributed by atoms with Crippen LogP contribution in [0.15, 0.2) is 18.6 Å². The maximum absolute atomic E-state index is 5.85. The molecule has 2 aromatic rings. The summed E-state index contributed by atoms with van der Waals surface area (Å²) >= 11 is 0. The van der Waals surface area contributed by atoms with Gasteiger partial charge in [0.05, 0.1) is 5.52 Å². The second-order valence-electron chi connectivity index (χ2n) is 5.63. The van der Waals surface area contributed by atoms with Crippen LogP contribution in [0.25, 0.3) is 11.0 Å². The number of nitrogens with two attached hydrogens (primary N) is 1. The Labute approximate surface area is 108 Å². The molecule has 0 saturated heterocycles. The first-order valence-electron chi connectivity index (χ1n) is 6.10. The molecule has 0 aliphatic carbocycles. The fourth-order valence-corrected chi connectivity index (χ4v) is 2.46. The van der Waals surface area contributed by atoms with Crippen molar-refractivity contribution in [3.63, 3.8) is 0 Å². The Hall–Kier alpha value is -1.40. The third-order valence-electron chi connectivity index (χ3n) is 2.81. The summed E-state index contributed by atoms with van der Waals surface area (Å²) in [5.41, 5.74) is 7.56.